The molecule has 0 aliphatic carbocycles. The number of rotatable bonds is 4. The molecule has 31 heavy (non-hydrogen) atoms. The van der Waals surface area contributed by atoms with E-state index in [9.17, 15) is 9.18 Å². The molecule has 3 aromatic rings. The molecule has 0 N–H and O–H groups in total. The number of piperidine rings is 1. The van der Waals surface area contributed by atoms with E-state index < -0.39 is 5.82 Å². The SMILES string of the molecule is CSc1ccc(N2CCCCC2)c(C(=O)N2Cc3cn(-c4cncc(F)c4)nc3C2)c1. The first-order valence-electron chi connectivity index (χ1n) is 10.5. The summed E-state index contributed by atoms with van der Waals surface area (Å²) in [5.74, 6) is -0.364. The van der Waals surface area contributed by atoms with Gasteiger partial charge in [-0.25, -0.2) is 9.07 Å². The molecule has 1 amide bonds. The van der Waals surface area contributed by atoms with Gasteiger partial charge in [-0.2, -0.15) is 5.10 Å². The number of halogens is 1. The summed E-state index contributed by atoms with van der Waals surface area (Å²) in [5, 5.41) is 4.58. The van der Waals surface area contributed by atoms with Crippen LogP contribution in [0.5, 0.6) is 0 Å². The van der Waals surface area contributed by atoms with Crippen molar-refractivity contribution in [2.24, 2.45) is 0 Å². The van der Waals surface area contributed by atoms with Crippen molar-refractivity contribution in [2.75, 3.05) is 24.2 Å². The molecule has 5 rings (SSSR count). The smallest absolute Gasteiger partial charge is 0.256 e. The quantitative estimate of drug-likeness (QED) is 0.571. The Morgan fingerprint density at radius 2 is 1.94 bits per heavy atom. The van der Waals surface area contributed by atoms with Crippen LogP contribution in [0, 0.1) is 5.82 Å². The van der Waals surface area contributed by atoms with Gasteiger partial charge in [0.1, 0.15) is 5.82 Å². The number of anilines is 1. The van der Waals surface area contributed by atoms with Crippen LogP contribution in [0.15, 0.2) is 47.8 Å². The van der Waals surface area contributed by atoms with Crippen LogP contribution in [0.3, 0.4) is 0 Å². The number of hydrogen-bond acceptors (Lipinski definition) is 5. The summed E-state index contributed by atoms with van der Waals surface area (Å²) < 4.78 is 15.1. The third-order valence-electron chi connectivity index (χ3n) is 5.95. The Labute approximate surface area is 185 Å². The monoisotopic (exact) mass is 437 g/mol. The summed E-state index contributed by atoms with van der Waals surface area (Å²) in [6.07, 6.45) is 10.2. The van der Waals surface area contributed by atoms with Gasteiger partial charge < -0.3 is 9.80 Å². The molecule has 160 valence electrons. The number of pyridine rings is 1. The topological polar surface area (TPSA) is 54.3 Å². The van der Waals surface area contributed by atoms with Gasteiger partial charge in [-0.1, -0.05) is 0 Å². The summed E-state index contributed by atoms with van der Waals surface area (Å²) in [7, 11) is 0. The lowest BCUT2D eigenvalue weighted by atomic mass is 10.1. The molecule has 2 aliphatic rings. The molecule has 0 radical (unpaired) electrons. The van der Waals surface area contributed by atoms with Crippen LogP contribution < -0.4 is 4.90 Å². The van der Waals surface area contributed by atoms with Gasteiger partial charge in [0.15, 0.2) is 0 Å². The molecule has 0 unspecified atom stereocenters. The molecule has 1 aromatic carbocycles. The number of hydrogen-bond donors (Lipinski definition) is 0. The average molecular weight is 438 g/mol. The molecule has 1 fully saturated rings. The molecule has 2 aliphatic heterocycles. The van der Waals surface area contributed by atoms with Crippen LogP contribution in [-0.2, 0) is 13.1 Å². The minimum absolute atomic E-state index is 0.0356. The van der Waals surface area contributed by atoms with Crippen molar-refractivity contribution in [3.05, 3.63) is 65.5 Å². The van der Waals surface area contributed by atoms with Gasteiger partial charge in [0, 0.05) is 48.0 Å². The second-order valence-corrected chi connectivity index (χ2v) is 8.88. The molecule has 1 saturated heterocycles. The predicted octanol–water partition coefficient (Wildman–Crippen LogP) is 4.27. The standard InChI is InChI=1S/C23H24FN5OS/c1-31-19-5-6-22(27-7-3-2-4-8-27)20(10-19)23(30)28-13-16-14-29(26-21(16)15-28)18-9-17(24)11-25-12-18/h5-6,9-12,14H,2-4,7-8,13,15H2,1H3. The summed E-state index contributed by atoms with van der Waals surface area (Å²) in [6.45, 7) is 2.94. The first kappa shape index (κ1) is 20.1. The van der Waals surface area contributed by atoms with Crippen LogP contribution in [0.25, 0.3) is 5.69 Å². The Bertz CT molecular complexity index is 1100. The van der Waals surface area contributed by atoms with Crippen LogP contribution >= 0.6 is 11.8 Å². The van der Waals surface area contributed by atoms with E-state index in [2.05, 4.69) is 27.1 Å². The van der Waals surface area contributed by atoms with E-state index in [-0.39, 0.29) is 5.91 Å². The van der Waals surface area contributed by atoms with Gasteiger partial charge in [-0.05, 0) is 43.7 Å². The molecule has 2 aromatic heterocycles. The number of nitrogens with zero attached hydrogens (tertiary/aromatic N) is 5. The first-order chi connectivity index (χ1) is 15.1. The minimum Gasteiger partial charge on any atom is -0.371 e. The summed E-state index contributed by atoms with van der Waals surface area (Å²) in [5.41, 5.74) is 4.20. The van der Waals surface area contributed by atoms with Crippen molar-refractivity contribution in [3.63, 3.8) is 0 Å². The molecule has 0 bridgehead atoms. The van der Waals surface area contributed by atoms with Crippen molar-refractivity contribution < 1.29 is 9.18 Å². The molecule has 0 spiro atoms. The Kier molecular flexibility index (Phi) is 5.40. The van der Waals surface area contributed by atoms with Gasteiger partial charge in [0.05, 0.1) is 35.9 Å². The molecule has 4 heterocycles. The fourth-order valence-electron chi connectivity index (χ4n) is 4.35. The summed E-state index contributed by atoms with van der Waals surface area (Å²) in [4.78, 5) is 22.7. The van der Waals surface area contributed by atoms with Crippen molar-refractivity contribution in [3.8, 4) is 5.69 Å². The van der Waals surface area contributed by atoms with Gasteiger partial charge >= 0.3 is 0 Å². The third kappa shape index (κ3) is 3.92. The van der Waals surface area contributed by atoms with E-state index in [0.717, 1.165) is 53.3 Å². The zero-order valence-corrected chi connectivity index (χ0v) is 18.2. The second kappa shape index (κ2) is 8.34. The molecular weight excluding hydrogens is 413 g/mol. The normalized spacial score (nSPS) is 15.9. The lowest BCUT2D eigenvalue weighted by molar-refractivity contribution is 0.0749. The van der Waals surface area contributed by atoms with Gasteiger partial charge in [0.25, 0.3) is 5.91 Å². The lowest BCUT2D eigenvalue weighted by Gasteiger charge is -2.31. The van der Waals surface area contributed by atoms with E-state index in [0.29, 0.717) is 18.8 Å². The number of benzene rings is 1. The maximum Gasteiger partial charge on any atom is 0.256 e. The Morgan fingerprint density at radius 1 is 1.10 bits per heavy atom. The fraction of sp³-hybridized carbons (Fsp3) is 0.348. The van der Waals surface area contributed by atoms with Crippen molar-refractivity contribution in [1.29, 1.82) is 0 Å². The van der Waals surface area contributed by atoms with Crippen molar-refractivity contribution in [1.82, 2.24) is 19.7 Å². The molecule has 0 atom stereocenters. The van der Waals surface area contributed by atoms with Crippen LogP contribution in [0.4, 0.5) is 10.1 Å². The van der Waals surface area contributed by atoms with E-state index in [1.807, 2.05) is 23.4 Å². The predicted molar refractivity (Wildman–Crippen MR) is 119 cm³/mol. The number of fused-ring (bicyclic) bond motifs is 1. The number of carbonyl (C=O) groups excluding carboxylic acids is 1. The molecule has 0 saturated carbocycles. The van der Waals surface area contributed by atoms with Crippen molar-refractivity contribution in [2.45, 2.75) is 37.2 Å². The zero-order valence-electron chi connectivity index (χ0n) is 17.4. The van der Waals surface area contributed by atoms with E-state index >= 15 is 0 Å². The fourth-order valence-corrected chi connectivity index (χ4v) is 4.79. The highest BCUT2D eigenvalue weighted by Crippen LogP contribution is 2.32. The summed E-state index contributed by atoms with van der Waals surface area (Å²) >= 11 is 1.65. The highest BCUT2D eigenvalue weighted by molar-refractivity contribution is 7.98. The average Bonchev–Trinajstić information content (AvgIpc) is 3.38. The minimum atomic E-state index is -0.399. The number of carbonyl (C=O) groups is 1. The van der Waals surface area contributed by atoms with E-state index in [4.69, 9.17) is 0 Å². The Hall–Kier alpha value is -2.87. The number of thioether (sulfide) groups is 1. The van der Waals surface area contributed by atoms with E-state index in [1.165, 1.54) is 18.7 Å². The maximum absolute atomic E-state index is 13.5. The third-order valence-corrected chi connectivity index (χ3v) is 6.68. The highest BCUT2D eigenvalue weighted by atomic mass is 32.2. The molecular formula is C23H24FN5OS. The van der Waals surface area contributed by atoms with Crippen LogP contribution in [-0.4, -0.2) is 44.9 Å². The van der Waals surface area contributed by atoms with Crippen molar-refractivity contribution >= 4 is 23.4 Å². The first-order valence-corrected chi connectivity index (χ1v) is 11.8. The number of amides is 1. The zero-order chi connectivity index (χ0) is 21.4. The Morgan fingerprint density at radius 3 is 2.68 bits per heavy atom. The molecule has 6 nitrogen and oxygen atoms in total. The highest BCUT2D eigenvalue weighted by Gasteiger charge is 2.30. The second-order valence-electron chi connectivity index (χ2n) is 8.00. The molecule has 8 heteroatoms. The largest absolute Gasteiger partial charge is 0.371 e. The number of aromatic nitrogens is 3. The Balaban J connectivity index is 1.39. The van der Waals surface area contributed by atoms with E-state index in [1.54, 1.807) is 22.6 Å². The van der Waals surface area contributed by atoms with Gasteiger partial charge in [0.2, 0.25) is 0 Å². The van der Waals surface area contributed by atoms with Crippen LogP contribution in [0.2, 0.25) is 0 Å². The lowest BCUT2D eigenvalue weighted by Crippen LogP contribution is -2.33. The van der Waals surface area contributed by atoms with Gasteiger partial charge in [-0.3, -0.25) is 9.78 Å². The maximum atomic E-state index is 13.5. The van der Waals surface area contributed by atoms with Gasteiger partial charge in [-0.15, -0.1) is 11.8 Å². The summed E-state index contributed by atoms with van der Waals surface area (Å²) in [6, 6.07) is 7.61. The van der Waals surface area contributed by atoms with Crippen LogP contribution in [0.1, 0.15) is 40.9 Å².